The van der Waals surface area contributed by atoms with Crippen LogP contribution >= 0.6 is 0 Å². The Morgan fingerprint density at radius 3 is 2.73 bits per heavy atom. The molecular formula is C10H12FNO3. The Morgan fingerprint density at radius 1 is 1.53 bits per heavy atom. The molecule has 5 heteroatoms. The highest BCUT2D eigenvalue weighted by Crippen LogP contribution is 2.26. The van der Waals surface area contributed by atoms with Crippen molar-refractivity contribution >= 4 is 11.7 Å². The fourth-order valence-corrected chi connectivity index (χ4v) is 1.15. The smallest absolute Gasteiger partial charge is 0.343 e. The number of nitrogens with two attached hydrogens (primary N) is 1. The highest BCUT2D eigenvalue weighted by Gasteiger charge is 2.19. The van der Waals surface area contributed by atoms with E-state index in [2.05, 4.69) is 4.74 Å². The van der Waals surface area contributed by atoms with Gasteiger partial charge in [0.25, 0.3) is 0 Å². The Balaban J connectivity index is 3.23. The number of hydrogen-bond donors (Lipinski definition) is 1. The molecule has 0 bridgehead atoms. The average molecular weight is 213 g/mol. The molecule has 0 aliphatic carbocycles. The van der Waals surface area contributed by atoms with Gasteiger partial charge in [0.15, 0.2) is 11.6 Å². The van der Waals surface area contributed by atoms with Gasteiger partial charge in [-0.1, -0.05) is 0 Å². The van der Waals surface area contributed by atoms with Crippen LogP contribution in [0.2, 0.25) is 0 Å². The molecule has 0 aliphatic heterocycles. The second kappa shape index (κ2) is 4.63. The van der Waals surface area contributed by atoms with Gasteiger partial charge in [0.05, 0.1) is 13.7 Å². The largest absolute Gasteiger partial charge is 0.491 e. The molecule has 1 aromatic carbocycles. The van der Waals surface area contributed by atoms with E-state index in [9.17, 15) is 9.18 Å². The number of anilines is 1. The molecule has 0 unspecified atom stereocenters. The Labute approximate surface area is 86.8 Å². The van der Waals surface area contributed by atoms with Crippen molar-refractivity contribution < 1.29 is 18.7 Å². The molecule has 0 heterocycles. The summed E-state index contributed by atoms with van der Waals surface area (Å²) in [6, 6.07) is 2.78. The van der Waals surface area contributed by atoms with Crippen LogP contribution in [-0.2, 0) is 4.74 Å². The highest BCUT2D eigenvalue weighted by atomic mass is 19.1. The molecule has 0 aromatic heterocycles. The Morgan fingerprint density at radius 2 is 2.20 bits per heavy atom. The zero-order valence-corrected chi connectivity index (χ0v) is 8.54. The summed E-state index contributed by atoms with van der Waals surface area (Å²) in [4.78, 5) is 11.2. The fraction of sp³-hybridized carbons (Fsp3) is 0.300. The Kier molecular flexibility index (Phi) is 3.49. The molecule has 1 aromatic rings. The number of hydrogen-bond acceptors (Lipinski definition) is 4. The topological polar surface area (TPSA) is 61.5 Å². The summed E-state index contributed by atoms with van der Waals surface area (Å²) in [7, 11) is 1.16. The number of methoxy groups -OCH3 is 1. The van der Waals surface area contributed by atoms with Crippen molar-refractivity contribution in [3.05, 3.63) is 23.5 Å². The van der Waals surface area contributed by atoms with Crippen molar-refractivity contribution in [2.45, 2.75) is 6.92 Å². The van der Waals surface area contributed by atoms with Crippen LogP contribution < -0.4 is 10.5 Å². The summed E-state index contributed by atoms with van der Waals surface area (Å²) in [5, 5.41) is 0. The lowest BCUT2D eigenvalue weighted by Gasteiger charge is -2.09. The first-order valence-corrected chi connectivity index (χ1v) is 4.40. The monoisotopic (exact) mass is 213 g/mol. The summed E-state index contributed by atoms with van der Waals surface area (Å²) in [5.41, 5.74) is 5.21. The number of ether oxygens (including phenoxy) is 2. The van der Waals surface area contributed by atoms with Gasteiger partial charge >= 0.3 is 5.97 Å². The molecule has 0 fully saturated rings. The highest BCUT2D eigenvalue weighted by molar-refractivity contribution is 5.95. The van der Waals surface area contributed by atoms with Gasteiger partial charge in [-0.3, -0.25) is 0 Å². The SMILES string of the molecule is CCOc1ccc(N)c(C(=O)OC)c1F. The van der Waals surface area contributed by atoms with Crippen LogP contribution in [0.1, 0.15) is 17.3 Å². The minimum absolute atomic E-state index is 0.00731. The van der Waals surface area contributed by atoms with Gasteiger partial charge < -0.3 is 15.2 Å². The van der Waals surface area contributed by atoms with Crippen molar-refractivity contribution in [2.75, 3.05) is 19.5 Å². The van der Waals surface area contributed by atoms with Crippen molar-refractivity contribution in [1.82, 2.24) is 0 Å². The first-order chi connectivity index (χ1) is 7.11. The maximum Gasteiger partial charge on any atom is 0.343 e. The first-order valence-electron chi connectivity index (χ1n) is 4.40. The Hall–Kier alpha value is -1.78. The van der Waals surface area contributed by atoms with Crippen molar-refractivity contribution in [1.29, 1.82) is 0 Å². The number of carbonyl (C=O) groups is 1. The zero-order valence-electron chi connectivity index (χ0n) is 8.54. The molecule has 15 heavy (non-hydrogen) atoms. The molecule has 0 atom stereocenters. The second-order valence-corrected chi connectivity index (χ2v) is 2.77. The van der Waals surface area contributed by atoms with Gasteiger partial charge in [0, 0.05) is 5.69 Å². The van der Waals surface area contributed by atoms with E-state index in [4.69, 9.17) is 10.5 Å². The molecular weight excluding hydrogens is 201 g/mol. The number of nitrogen functional groups attached to an aromatic ring is 1. The van der Waals surface area contributed by atoms with Crippen LogP contribution in [0.15, 0.2) is 12.1 Å². The number of benzene rings is 1. The molecule has 0 saturated carbocycles. The lowest BCUT2D eigenvalue weighted by molar-refractivity contribution is 0.0595. The summed E-state index contributed by atoms with van der Waals surface area (Å²) in [6.07, 6.45) is 0. The molecule has 4 nitrogen and oxygen atoms in total. The Bertz CT molecular complexity index is 379. The molecule has 1 rings (SSSR count). The molecule has 0 radical (unpaired) electrons. The van der Waals surface area contributed by atoms with Crippen LogP contribution in [0.4, 0.5) is 10.1 Å². The number of carbonyl (C=O) groups excluding carboxylic acids is 1. The summed E-state index contributed by atoms with van der Waals surface area (Å²) >= 11 is 0. The quantitative estimate of drug-likeness (QED) is 0.611. The normalized spacial score (nSPS) is 9.80. The number of rotatable bonds is 3. The van der Waals surface area contributed by atoms with E-state index in [1.807, 2.05) is 0 Å². The summed E-state index contributed by atoms with van der Waals surface area (Å²) in [6.45, 7) is 2.02. The summed E-state index contributed by atoms with van der Waals surface area (Å²) in [5.74, 6) is -1.61. The molecule has 0 saturated heterocycles. The van der Waals surface area contributed by atoms with E-state index in [1.54, 1.807) is 6.92 Å². The lowest BCUT2D eigenvalue weighted by Crippen LogP contribution is -2.10. The number of halogens is 1. The predicted octanol–water partition coefficient (Wildman–Crippen LogP) is 1.59. The standard InChI is InChI=1S/C10H12FNO3/c1-3-15-7-5-4-6(12)8(9(7)11)10(13)14-2/h4-5H,3,12H2,1-2H3. The predicted molar refractivity (Wildman–Crippen MR) is 53.3 cm³/mol. The van der Waals surface area contributed by atoms with Gasteiger partial charge in [0.1, 0.15) is 5.56 Å². The lowest BCUT2D eigenvalue weighted by atomic mass is 10.1. The van der Waals surface area contributed by atoms with Crippen LogP contribution in [-0.4, -0.2) is 19.7 Å². The molecule has 2 N–H and O–H groups in total. The maximum atomic E-state index is 13.7. The third-order valence-corrected chi connectivity index (χ3v) is 1.83. The van der Waals surface area contributed by atoms with Gasteiger partial charge in [-0.05, 0) is 19.1 Å². The minimum Gasteiger partial charge on any atom is -0.491 e. The molecule has 0 aliphatic rings. The number of esters is 1. The van der Waals surface area contributed by atoms with E-state index in [0.717, 1.165) is 7.11 Å². The van der Waals surface area contributed by atoms with Crippen molar-refractivity contribution in [3.8, 4) is 5.75 Å². The van der Waals surface area contributed by atoms with Crippen LogP contribution in [0.5, 0.6) is 5.75 Å². The van der Waals surface area contributed by atoms with E-state index < -0.39 is 11.8 Å². The van der Waals surface area contributed by atoms with E-state index in [0.29, 0.717) is 6.61 Å². The van der Waals surface area contributed by atoms with Gasteiger partial charge in [-0.15, -0.1) is 0 Å². The molecule has 0 spiro atoms. The average Bonchev–Trinajstić information content (AvgIpc) is 2.22. The fourth-order valence-electron chi connectivity index (χ4n) is 1.15. The molecule has 82 valence electrons. The first kappa shape index (κ1) is 11.3. The van der Waals surface area contributed by atoms with Crippen molar-refractivity contribution in [2.24, 2.45) is 0 Å². The van der Waals surface area contributed by atoms with E-state index in [-0.39, 0.29) is 17.0 Å². The van der Waals surface area contributed by atoms with Crippen LogP contribution in [0.3, 0.4) is 0 Å². The third-order valence-electron chi connectivity index (χ3n) is 1.83. The third kappa shape index (κ3) is 2.18. The van der Waals surface area contributed by atoms with E-state index >= 15 is 0 Å². The maximum absolute atomic E-state index is 13.7. The van der Waals surface area contributed by atoms with Crippen LogP contribution in [0, 0.1) is 5.82 Å². The molecule has 0 amide bonds. The van der Waals surface area contributed by atoms with Crippen LogP contribution in [0.25, 0.3) is 0 Å². The zero-order chi connectivity index (χ0) is 11.4. The van der Waals surface area contributed by atoms with Crippen molar-refractivity contribution in [3.63, 3.8) is 0 Å². The summed E-state index contributed by atoms with van der Waals surface area (Å²) < 4.78 is 23.1. The van der Waals surface area contributed by atoms with Gasteiger partial charge in [0.2, 0.25) is 0 Å². The van der Waals surface area contributed by atoms with Gasteiger partial charge in [-0.25, -0.2) is 9.18 Å². The van der Waals surface area contributed by atoms with E-state index in [1.165, 1.54) is 12.1 Å². The second-order valence-electron chi connectivity index (χ2n) is 2.77. The minimum atomic E-state index is -0.813. The van der Waals surface area contributed by atoms with Gasteiger partial charge in [-0.2, -0.15) is 0 Å².